The second kappa shape index (κ2) is 14.4. The summed E-state index contributed by atoms with van der Waals surface area (Å²) in [6.45, 7) is 1.35. The van der Waals surface area contributed by atoms with Crippen LogP contribution in [0.25, 0.3) is 0 Å². The Morgan fingerprint density at radius 2 is 1.23 bits per heavy atom. The molecule has 0 bridgehead atoms. The largest absolute Gasteiger partial charge is 0.396 e. The van der Waals surface area contributed by atoms with Gasteiger partial charge in [0.25, 0.3) is 11.8 Å². The van der Waals surface area contributed by atoms with Gasteiger partial charge in [-0.1, -0.05) is 19.1 Å². The molecule has 1 aliphatic heterocycles. The Morgan fingerprint density at radius 3 is 1.42 bits per heavy atom. The van der Waals surface area contributed by atoms with E-state index >= 15 is 0 Å². The smallest absolute Gasteiger partial charge is 0.258 e. The molecule has 6 N–H and O–H groups in total. The number of nitrogens with one attached hydrogen (secondary N) is 3. The molecule has 0 fully saturated rings. The topological polar surface area (TPSA) is 189 Å². The Bertz CT molecular complexity index is 582. The SMILES string of the molecule is CCC(CO)(CO)CO.N=C=O.N=C=O.O=C1NC(=O)c2ccccc21. The average molecular weight is 367 g/mol. The predicted molar refractivity (Wildman–Crippen MR) is 89.0 cm³/mol. The summed E-state index contributed by atoms with van der Waals surface area (Å²) in [7, 11) is 0. The number of fused-ring (bicyclic) bond motifs is 1. The lowest BCUT2D eigenvalue weighted by Crippen LogP contribution is -2.32. The van der Waals surface area contributed by atoms with E-state index < -0.39 is 5.41 Å². The van der Waals surface area contributed by atoms with Crippen LogP contribution in [0.3, 0.4) is 0 Å². The van der Waals surface area contributed by atoms with Gasteiger partial charge < -0.3 is 15.3 Å². The molecule has 10 heteroatoms. The van der Waals surface area contributed by atoms with Crippen molar-refractivity contribution in [1.29, 1.82) is 10.8 Å². The van der Waals surface area contributed by atoms with E-state index in [-0.39, 0.29) is 31.6 Å². The summed E-state index contributed by atoms with van der Waals surface area (Å²) in [6.07, 6.45) is 2.09. The molecule has 1 aliphatic rings. The Labute approximate surface area is 149 Å². The van der Waals surface area contributed by atoms with Crippen molar-refractivity contribution in [3.05, 3.63) is 35.4 Å². The number of hydrogen-bond donors (Lipinski definition) is 6. The van der Waals surface area contributed by atoms with Gasteiger partial charge in [-0.3, -0.25) is 14.9 Å². The lowest BCUT2D eigenvalue weighted by atomic mass is 9.88. The van der Waals surface area contributed by atoms with E-state index in [9.17, 15) is 9.59 Å². The molecule has 0 atom stereocenters. The number of aliphatic hydroxyl groups excluding tert-OH is 3. The first-order valence-corrected chi connectivity index (χ1v) is 7.21. The zero-order valence-electron chi connectivity index (χ0n) is 14.1. The van der Waals surface area contributed by atoms with Crippen molar-refractivity contribution in [2.24, 2.45) is 5.41 Å². The Kier molecular flexibility index (Phi) is 13.9. The number of carbonyl (C=O) groups is 2. The van der Waals surface area contributed by atoms with Crippen LogP contribution in [-0.2, 0) is 9.59 Å². The monoisotopic (exact) mass is 367 g/mol. The highest BCUT2D eigenvalue weighted by atomic mass is 16.3. The Balaban J connectivity index is 0. The molecular weight excluding hydrogens is 346 g/mol. The number of benzene rings is 1. The molecule has 0 spiro atoms. The molecule has 2 amide bonds. The van der Waals surface area contributed by atoms with Crippen molar-refractivity contribution >= 4 is 24.0 Å². The van der Waals surface area contributed by atoms with Crippen LogP contribution in [0.15, 0.2) is 24.3 Å². The third-order valence-electron chi connectivity index (χ3n) is 3.40. The van der Waals surface area contributed by atoms with Gasteiger partial charge in [0.15, 0.2) is 0 Å². The van der Waals surface area contributed by atoms with Crippen molar-refractivity contribution in [1.82, 2.24) is 5.32 Å². The van der Waals surface area contributed by atoms with Gasteiger partial charge in [-0.25, -0.2) is 20.4 Å². The van der Waals surface area contributed by atoms with Crippen molar-refractivity contribution in [2.45, 2.75) is 13.3 Å². The lowest BCUT2D eigenvalue weighted by Gasteiger charge is -2.24. The molecule has 142 valence electrons. The maximum atomic E-state index is 10.9. The molecule has 10 nitrogen and oxygen atoms in total. The van der Waals surface area contributed by atoms with E-state index in [1.54, 1.807) is 24.3 Å². The molecule has 1 heterocycles. The third kappa shape index (κ3) is 8.20. The molecule has 0 unspecified atom stereocenters. The predicted octanol–water partition coefficient (Wildman–Crippen LogP) is -0.268. The molecule has 0 aliphatic carbocycles. The zero-order chi connectivity index (χ0) is 20.6. The molecule has 2 rings (SSSR count). The van der Waals surface area contributed by atoms with Gasteiger partial charge in [-0.15, -0.1) is 0 Å². The second-order valence-corrected chi connectivity index (χ2v) is 4.86. The standard InChI is InChI=1S/C8H5NO2.C6H14O3.2CHNO/c10-7-5-3-1-2-4-6(5)8(11)9-7;1-2-6(3-7,4-8)5-9;2*2-1-3/h1-4H,(H,9,10,11);7-9H,2-5H2,1H3;2*2H. The zero-order valence-corrected chi connectivity index (χ0v) is 14.1. The molecule has 0 radical (unpaired) electrons. The van der Waals surface area contributed by atoms with E-state index in [1.807, 2.05) is 6.92 Å². The first kappa shape index (κ1) is 25.2. The molecule has 0 saturated carbocycles. The van der Waals surface area contributed by atoms with Crippen LogP contribution in [0.5, 0.6) is 0 Å². The van der Waals surface area contributed by atoms with Crippen LogP contribution >= 0.6 is 0 Å². The number of rotatable bonds is 4. The number of amides is 2. The summed E-state index contributed by atoms with van der Waals surface area (Å²) in [6, 6.07) is 6.74. The Morgan fingerprint density at radius 1 is 0.923 bits per heavy atom. The summed E-state index contributed by atoms with van der Waals surface area (Å²) >= 11 is 0. The molecule has 0 saturated heterocycles. The summed E-state index contributed by atoms with van der Waals surface area (Å²) in [5, 5.41) is 39.0. The normalized spacial score (nSPS) is 10.9. The van der Waals surface area contributed by atoms with Crippen LogP contribution in [0, 0.1) is 16.2 Å². The van der Waals surface area contributed by atoms with Crippen molar-refractivity contribution in [2.75, 3.05) is 19.8 Å². The van der Waals surface area contributed by atoms with Gasteiger partial charge in [0.05, 0.1) is 30.9 Å². The summed E-state index contributed by atoms with van der Waals surface area (Å²) < 4.78 is 0. The summed E-state index contributed by atoms with van der Waals surface area (Å²) in [5.74, 6) is -0.601. The fraction of sp³-hybridized carbons (Fsp3) is 0.375. The maximum Gasteiger partial charge on any atom is 0.258 e. The van der Waals surface area contributed by atoms with Crippen LogP contribution in [0.4, 0.5) is 0 Å². The molecule has 26 heavy (non-hydrogen) atoms. The Hall–Kier alpha value is -3.00. The third-order valence-corrected chi connectivity index (χ3v) is 3.40. The number of imide groups is 1. The fourth-order valence-corrected chi connectivity index (χ4v) is 1.60. The van der Waals surface area contributed by atoms with Crippen molar-refractivity contribution in [3.8, 4) is 0 Å². The first-order valence-electron chi connectivity index (χ1n) is 7.21. The lowest BCUT2D eigenvalue weighted by molar-refractivity contribution is 0.00304. The van der Waals surface area contributed by atoms with E-state index in [0.29, 0.717) is 17.5 Å². The van der Waals surface area contributed by atoms with Gasteiger partial charge in [0.1, 0.15) is 0 Å². The summed E-state index contributed by atoms with van der Waals surface area (Å²) in [5.41, 5.74) is 0.273. The van der Waals surface area contributed by atoms with Crippen LogP contribution in [0.2, 0.25) is 0 Å². The van der Waals surface area contributed by atoms with Crippen LogP contribution in [-0.4, -0.2) is 59.1 Å². The number of carbonyl (C=O) groups excluding carboxylic acids is 4. The fourth-order valence-electron chi connectivity index (χ4n) is 1.60. The average Bonchev–Trinajstić information content (AvgIpc) is 2.94. The van der Waals surface area contributed by atoms with Gasteiger partial charge in [-0.05, 0) is 18.6 Å². The quantitative estimate of drug-likeness (QED) is 0.240. The maximum absolute atomic E-state index is 10.9. The number of hydrogen-bond acceptors (Lipinski definition) is 9. The highest BCUT2D eigenvalue weighted by Gasteiger charge is 2.25. The minimum absolute atomic E-state index is 0.156. The minimum Gasteiger partial charge on any atom is -0.396 e. The second-order valence-electron chi connectivity index (χ2n) is 4.86. The molecule has 1 aromatic carbocycles. The van der Waals surface area contributed by atoms with Crippen molar-refractivity contribution in [3.63, 3.8) is 0 Å². The molecule has 0 aromatic heterocycles. The van der Waals surface area contributed by atoms with Crippen LogP contribution in [0.1, 0.15) is 34.1 Å². The van der Waals surface area contributed by atoms with Gasteiger partial charge >= 0.3 is 0 Å². The summed E-state index contributed by atoms with van der Waals surface area (Å²) in [4.78, 5) is 38.6. The van der Waals surface area contributed by atoms with Gasteiger partial charge in [-0.2, -0.15) is 0 Å². The molecule has 1 aromatic rings. The first-order chi connectivity index (χ1) is 12.4. The minimum atomic E-state index is -0.667. The number of aliphatic hydroxyl groups is 3. The van der Waals surface area contributed by atoms with E-state index in [0.717, 1.165) is 12.2 Å². The highest BCUT2D eigenvalue weighted by Crippen LogP contribution is 2.18. The van der Waals surface area contributed by atoms with Gasteiger partial charge in [0.2, 0.25) is 12.2 Å². The van der Waals surface area contributed by atoms with Crippen molar-refractivity contribution < 1.29 is 34.5 Å². The number of isocyanates is 2. The highest BCUT2D eigenvalue weighted by molar-refractivity contribution is 6.21. The van der Waals surface area contributed by atoms with E-state index in [1.165, 1.54) is 0 Å². The van der Waals surface area contributed by atoms with E-state index in [4.69, 9.17) is 35.7 Å². The van der Waals surface area contributed by atoms with Gasteiger partial charge in [0, 0.05) is 5.41 Å². The molecular formula is C16H21N3O7. The van der Waals surface area contributed by atoms with Crippen LogP contribution < -0.4 is 5.32 Å². The van der Waals surface area contributed by atoms with E-state index in [2.05, 4.69) is 5.32 Å².